The Bertz CT molecular complexity index is 1100. The normalized spacial score (nSPS) is 12.6. The molecule has 0 bridgehead atoms. The maximum Gasteiger partial charge on any atom is 0.407 e. The number of nitrogens with one attached hydrogen (secondary N) is 2. The summed E-state index contributed by atoms with van der Waals surface area (Å²) in [6.07, 6.45) is 0.907. The number of nitrogens with two attached hydrogens (primary N) is 1. The van der Waals surface area contributed by atoms with Crippen molar-refractivity contribution >= 4 is 35.5 Å². The molecule has 2 aromatic rings. The lowest BCUT2D eigenvalue weighted by Crippen LogP contribution is -2.47. The molecule has 0 aliphatic rings. The van der Waals surface area contributed by atoms with Crippen molar-refractivity contribution in [2.45, 2.75) is 71.1 Å². The Labute approximate surface area is 234 Å². The zero-order valence-corrected chi connectivity index (χ0v) is 23.5. The van der Waals surface area contributed by atoms with Crippen LogP contribution in [0.2, 0.25) is 5.02 Å². The van der Waals surface area contributed by atoms with Crippen molar-refractivity contribution in [1.82, 2.24) is 10.6 Å². The number of rotatable bonds is 14. The first-order chi connectivity index (χ1) is 18.4. The first-order valence-corrected chi connectivity index (χ1v) is 13.3. The average Bonchev–Trinajstić information content (AvgIpc) is 2.86. The summed E-state index contributed by atoms with van der Waals surface area (Å²) in [7, 11) is 0. The summed E-state index contributed by atoms with van der Waals surface area (Å²) in [5.41, 5.74) is 6.44. The molecule has 0 aromatic heterocycles. The fourth-order valence-electron chi connectivity index (χ4n) is 3.79. The molecular formula is C29H38ClN3O6. The summed E-state index contributed by atoms with van der Waals surface area (Å²) >= 11 is 6.05. The molecule has 0 unspecified atom stereocenters. The number of primary amides is 1. The molecule has 212 valence electrons. The summed E-state index contributed by atoms with van der Waals surface area (Å²) < 4.78 is 10.6. The van der Waals surface area contributed by atoms with Gasteiger partial charge in [0.1, 0.15) is 18.2 Å². The van der Waals surface area contributed by atoms with Gasteiger partial charge in [0.25, 0.3) is 0 Å². The molecule has 0 aliphatic heterocycles. The van der Waals surface area contributed by atoms with E-state index in [0.29, 0.717) is 36.4 Å². The van der Waals surface area contributed by atoms with Gasteiger partial charge >= 0.3 is 12.1 Å². The highest BCUT2D eigenvalue weighted by Crippen LogP contribution is 2.18. The lowest BCUT2D eigenvalue weighted by Gasteiger charge is -2.23. The number of hydrogen-bond acceptors (Lipinski definition) is 6. The van der Waals surface area contributed by atoms with Crippen LogP contribution in [0.25, 0.3) is 0 Å². The number of carbonyl (C=O) groups excluding carboxylic acids is 4. The molecule has 0 saturated heterocycles. The highest BCUT2D eigenvalue weighted by atomic mass is 35.5. The molecule has 2 aromatic carbocycles. The minimum Gasteiger partial charge on any atom is -0.460 e. The fourth-order valence-corrected chi connectivity index (χ4v) is 3.98. The highest BCUT2D eigenvalue weighted by molar-refractivity contribution is 6.31. The molecule has 10 heteroatoms. The summed E-state index contributed by atoms with van der Waals surface area (Å²) in [4.78, 5) is 49.6. The number of benzene rings is 2. The summed E-state index contributed by atoms with van der Waals surface area (Å²) in [5.74, 6) is -2.36. The number of unbranched alkanes of at least 4 members (excludes halogenated alkanes) is 1. The number of amides is 3. The molecule has 0 saturated carbocycles. The quantitative estimate of drug-likeness (QED) is 0.233. The van der Waals surface area contributed by atoms with Gasteiger partial charge in [0, 0.05) is 17.1 Å². The van der Waals surface area contributed by atoms with Crippen LogP contribution < -0.4 is 16.4 Å². The number of hydrogen-bond donors (Lipinski definition) is 3. The van der Waals surface area contributed by atoms with E-state index in [-0.39, 0.29) is 19.4 Å². The minimum absolute atomic E-state index is 0.0503. The van der Waals surface area contributed by atoms with Crippen molar-refractivity contribution in [3.63, 3.8) is 0 Å². The smallest absolute Gasteiger partial charge is 0.407 e. The van der Waals surface area contributed by atoms with E-state index in [2.05, 4.69) is 10.6 Å². The van der Waals surface area contributed by atoms with Gasteiger partial charge in [-0.1, -0.05) is 60.1 Å². The van der Waals surface area contributed by atoms with Crippen LogP contribution in [-0.2, 0) is 36.9 Å². The molecule has 4 N–H and O–H groups in total. The SMILES string of the molecule is CC(C)(C)OC(=O)C[C@@H](Cc1ccccc1)C(=O)N[C@@H](CCCCNC(=O)OCc1ccccc1Cl)C(N)=O. The third-order valence-corrected chi connectivity index (χ3v) is 6.06. The molecule has 3 amide bonds. The second kappa shape index (κ2) is 15.7. The molecule has 0 radical (unpaired) electrons. The number of esters is 1. The monoisotopic (exact) mass is 559 g/mol. The van der Waals surface area contributed by atoms with Crippen LogP contribution in [0.1, 0.15) is 57.6 Å². The molecule has 0 fully saturated rings. The molecule has 0 aliphatic carbocycles. The van der Waals surface area contributed by atoms with Crippen molar-refractivity contribution in [2.24, 2.45) is 11.7 Å². The zero-order chi connectivity index (χ0) is 28.8. The molecule has 9 nitrogen and oxygen atoms in total. The van der Waals surface area contributed by atoms with Crippen LogP contribution in [0.5, 0.6) is 0 Å². The van der Waals surface area contributed by atoms with Crippen LogP contribution in [0, 0.1) is 5.92 Å². The molecule has 0 spiro atoms. The summed E-state index contributed by atoms with van der Waals surface area (Å²) in [5, 5.41) is 5.86. The third kappa shape index (κ3) is 12.7. The molecule has 0 heterocycles. The van der Waals surface area contributed by atoms with Gasteiger partial charge in [0.05, 0.1) is 12.3 Å². The number of ether oxygens (including phenoxy) is 2. The predicted molar refractivity (Wildman–Crippen MR) is 149 cm³/mol. The van der Waals surface area contributed by atoms with Gasteiger partial charge in [-0.05, 0) is 58.1 Å². The lowest BCUT2D eigenvalue weighted by molar-refractivity contribution is -0.157. The van der Waals surface area contributed by atoms with E-state index in [1.165, 1.54) is 0 Å². The maximum absolute atomic E-state index is 13.1. The molecule has 39 heavy (non-hydrogen) atoms. The zero-order valence-electron chi connectivity index (χ0n) is 22.7. The Balaban J connectivity index is 1.84. The Morgan fingerprint density at radius 3 is 2.28 bits per heavy atom. The summed E-state index contributed by atoms with van der Waals surface area (Å²) in [6.45, 7) is 5.64. The van der Waals surface area contributed by atoms with Gasteiger partial charge in [0.15, 0.2) is 0 Å². The van der Waals surface area contributed by atoms with Crippen LogP contribution in [0.15, 0.2) is 54.6 Å². The molecular weight excluding hydrogens is 522 g/mol. The van der Waals surface area contributed by atoms with Gasteiger partial charge in [0.2, 0.25) is 11.8 Å². The van der Waals surface area contributed by atoms with E-state index in [0.717, 1.165) is 5.56 Å². The van der Waals surface area contributed by atoms with E-state index in [1.807, 2.05) is 30.3 Å². The van der Waals surface area contributed by atoms with E-state index < -0.39 is 41.4 Å². The average molecular weight is 560 g/mol. The topological polar surface area (TPSA) is 137 Å². The standard InChI is InChI=1S/C29H38ClN3O6/c1-29(2,3)39-25(34)18-22(17-20-11-5-4-6-12-20)27(36)33-24(26(31)35)15-9-10-16-32-28(37)38-19-21-13-7-8-14-23(21)30/h4-8,11-14,22,24H,9-10,15-19H2,1-3H3,(H2,31,35)(H,32,37)(H,33,36)/t22-,24+/m1/s1. The molecule has 2 rings (SSSR count). The van der Waals surface area contributed by atoms with Crippen LogP contribution in [0.4, 0.5) is 4.79 Å². The first kappa shape index (κ1) is 31.6. The Morgan fingerprint density at radius 1 is 0.974 bits per heavy atom. The second-order valence-electron chi connectivity index (χ2n) is 10.2. The largest absolute Gasteiger partial charge is 0.460 e. The van der Waals surface area contributed by atoms with Gasteiger partial charge in [-0.2, -0.15) is 0 Å². The second-order valence-corrected chi connectivity index (χ2v) is 10.6. The minimum atomic E-state index is -0.915. The number of halogens is 1. The van der Waals surface area contributed by atoms with Crippen LogP contribution >= 0.6 is 11.6 Å². The Morgan fingerprint density at radius 2 is 1.64 bits per heavy atom. The van der Waals surface area contributed by atoms with Gasteiger partial charge in [-0.25, -0.2) is 4.79 Å². The number of carbonyl (C=O) groups is 4. The lowest BCUT2D eigenvalue weighted by atomic mass is 9.94. The van der Waals surface area contributed by atoms with E-state index in [4.69, 9.17) is 26.8 Å². The van der Waals surface area contributed by atoms with Gasteiger partial charge in [-0.3, -0.25) is 14.4 Å². The Hall–Kier alpha value is -3.59. The van der Waals surface area contributed by atoms with E-state index in [1.54, 1.807) is 45.0 Å². The van der Waals surface area contributed by atoms with Crippen molar-refractivity contribution in [3.8, 4) is 0 Å². The van der Waals surface area contributed by atoms with Crippen LogP contribution in [0.3, 0.4) is 0 Å². The first-order valence-electron chi connectivity index (χ1n) is 12.9. The van der Waals surface area contributed by atoms with E-state index in [9.17, 15) is 19.2 Å². The molecule has 2 atom stereocenters. The van der Waals surface area contributed by atoms with Gasteiger partial charge < -0.3 is 25.8 Å². The Kier molecular flexibility index (Phi) is 12.8. The predicted octanol–water partition coefficient (Wildman–Crippen LogP) is 4.30. The van der Waals surface area contributed by atoms with Crippen molar-refractivity contribution in [3.05, 3.63) is 70.7 Å². The highest BCUT2D eigenvalue weighted by Gasteiger charge is 2.28. The fraction of sp³-hybridized carbons (Fsp3) is 0.448. The van der Waals surface area contributed by atoms with Crippen molar-refractivity contribution in [1.29, 1.82) is 0 Å². The number of alkyl carbamates (subject to hydrolysis) is 1. The van der Waals surface area contributed by atoms with Crippen molar-refractivity contribution in [2.75, 3.05) is 6.54 Å². The van der Waals surface area contributed by atoms with Crippen LogP contribution in [-0.4, -0.2) is 42.1 Å². The van der Waals surface area contributed by atoms with Crippen molar-refractivity contribution < 1.29 is 28.7 Å². The van der Waals surface area contributed by atoms with Gasteiger partial charge in [-0.15, -0.1) is 0 Å². The van der Waals surface area contributed by atoms with E-state index >= 15 is 0 Å². The maximum atomic E-state index is 13.1. The third-order valence-electron chi connectivity index (χ3n) is 5.69. The summed E-state index contributed by atoms with van der Waals surface area (Å²) in [6, 6.07) is 15.5.